The zero-order valence-corrected chi connectivity index (χ0v) is 12.1. The Morgan fingerprint density at radius 1 is 1.38 bits per heavy atom. The smallest absolute Gasteiger partial charge is 0.205 e. The van der Waals surface area contributed by atoms with Gasteiger partial charge in [0.2, 0.25) is 5.82 Å². The van der Waals surface area contributed by atoms with Gasteiger partial charge in [-0.3, -0.25) is 0 Å². The third kappa shape index (κ3) is 2.98. The summed E-state index contributed by atoms with van der Waals surface area (Å²) in [7, 11) is 0. The van der Waals surface area contributed by atoms with Crippen LogP contribution in [-0.2, 0) is 6.54 Å². The standard InChI is InChI=1S/C14H13FN4OS/c1-9-6-11(15)2-3-12(9)13(20)7-19-17-14(16-18-19)10-4-5-21-8-10/h2-6,8,13,20H,7H2,1H3/t13-/m0/s1. The highest BCUT2D eigenvalue weighted by Crippen LogP contribution is 2.21. The zero-order valence-electron chi connectivity index (χ0n) is 11.3. The highest BCUT2D eigenvalue weighted by atomic mass is 32.1. The molecule has 0 aliphatic rings. The SMILES string of the molecule is Cc1cc(F)ccc1[C@@H](O)Cn1nnc(-c2ccsc2)n1. The third-order valence-electron chi connectivity index (χ3n) is 3.16. The number of aliphatic hydroxyl groups is 1. The summed E-state index contributed by atoms with van der Waals surface area (Å²) in [4.78, 5) is 1.35. The molecule has 1 N–H and O–H groups in total. The van der Waals surface area contributed by atoms with Gasteiger partial charge in [0, 0.05) is 10.9 Å². The topological polar surface area (TPSA) is 63.8 Å². The molecule has 3 aromatic rings. The molecule has 0 saturated carbocycles. The second-order valence-electron chi connectivity index (χ2n) is 4.70. The van der Waals surface area contributed by atoms with Crippen molar-refractivity contribution in [2.24, 2.45) is 0 Å². The van der Waals surface area contributed by atoms with Gasteiger partial charge >= 0.3 is 0 Å². The van der Waals surface area contributed by atoms with Crippen LogP contribution in [0.25, 0.3) is 11.4 Å². The molecule has 7 heteroatoms. The van der Waals surface area contributed by atoms with Crippen LogP contribution < -0.4 is 0 Å². The van der Waals surface area contributed by atoms with E-state index in [2.05, 4.69) is 15.4 Å². The van der Waals surface area contributed by atoms with Gasteiger partial charge in [-0.2, -0.15) is 16.1 Å². The summed E-state index contributed by atoms with van der Waals surface area (Å²) in [6, 6.07) is 6.21. The fourth-order valence-electron chi connectivity index (χ4n) is 2.09. The van der Waals surface area contributed by atoms with E-state index in [0.29, 0.717) is 17.0 Å². The Bertz CT molecular complexity index is 741. The first-order valence-corrected chi connectivity index (χ1v) is 7.32. The summed E-state index contributed by atoms with van der Waals surface area (Å²) in [5.74, 6) is 0.210. The van der Waals surface area contributed by atoms with Crippen LogP contribution in [0.15, 0.2) is 35.0 Å². The molecule has 1 aromatic carbocycles. The highest BCUT2D eigenvalue weighted by molar-refractivity contribution is 7.08. The quantitative estimate of drug-likeness (QED) is 0.804. The number of aliphatic hydroxyl groups excluding tert-OH is 1. The van der Waals surface area contributed by atoms with Crippen LogP contribution in [0.4, 0.5) is 4.39 Å². The number of thiophene rings is 1. The lowest BCUT2D eigenvalue weighted by molar-refractivity contribution is 0.144. The Labute approximate surface area is 124 Å². The molecule has 0 fully saturated rings. The summed E-state index contributed by atoms with van der Waals surface area (Å²) in [5, 5.41) is 26.2. The molecule has 2 heterocycles. The molecule has 108 valence electrons. The number of aryl methyl sites for hydroxylation is 1. The fraction of sp³-hybridized carbons (Fsp3) is 0.214. The van der Waals surface area contributed by atoms with Crippen molar-refractivity contribution in [3.05, 3.63) is 52.0 Å². The average molecular weight is 304 g/mol. The first-order chi connectivity index (χ1) is 10.1. The van der Waals surface area contributed by atoms with Crippen LogP contribution in [0.2, 0.25) is 0 Å². The van der Waals surface area contributed by atoms with Crippen LogP contribution in [-0.4, -0.2) is 25.3 Å². The molecule has 21 heavy (non-hydrogen) atoms. The lowest BCUT2D eigenvalue weighted by Gasteiger charge is -2.12. The number of rotatable bonds is 4. The van der Waals surface area contributed by atoms with E-state index in [4.69, 9.17) is 0 Å². The maximum Gasteiger partial charge on any atom is 0.205 e. The van der Waals surface area contributed by atoms with Gasteiger partial charge in [-0.15, -0.1) is 10.2 Å². The molecule has 0 aliphatic carbocycles. The van der Waals surface area contributed by atoms with Crippen LogP contribution in [0.1, 0.15) is 17.2 Å². The summed E-state index contributed by atoms with van der Waals surface area (Å²) in [6.07, 6.45) is -0.810. The number of aromatic nitrogens is 4. The van der Waals surface area contributed by atoms with Gasteiger partial charge in [-0.25, -0.2) is 4.39 Å². The zero-order chi connectivity index (χ0) is 14.8. The number of tetrazole rings is 1. The molecule has 0 aliphatic heterocycles. The Hall–Kier alpha value is -2.12. The number of halogens is 1. The van der Waals surface area contributed by atoms with Gasteiger partial charge in [0.25, 0.3) is 0 Å². The molecule has 0 unspecified atom stereocenters. The monoisotopic (exact) mass is 304 g/mol. The van der Waals surface area contributed by atoms with E-state index in [1.807, 2.05) is 16.8 Å². The van der Waals surface area contributed by atoms with Crippen molar-refractivity contribution in [1.29, 1.82) is 0 Å². The van der Waals surface area contributed by atoms with Crippen molar-refractivity contribution in [1.82, 2.24) is 20.2 Å². The average Bonchev–Trinajstić information content (AvgIpc) is 3.08. The van der Waals surface area contributed by atoms with E-state index in [9.17, 15) is 9.50 Å². The van der Waals surface area contributed by atoms with E-state index in [1.165, 1.54) is 16.9 Å². The van der Waals surface area contributed by atoms with E-state index in [-0.39, 0.29) is 12.4 Å². The van der Waals surface area contributed by atoms with Crippen molar-refractivity contribution >= 4 is 11.3 Å². The molecule has 0 radical (unpaired) electrons. The van der Waals surface area contributed by atoms with Gasteiger partial charge in [0.15, 0.2) is 0 Å². The van der Waals surface area contributed by atoms with Crippen LogP contribution in [0.5, 0.6) is 0 Å². The maximum absolute atomic E-state index is 13.1. The molecular weight excluding hydrogens is 291 g/mol. The molecule has 0 saturated heterocycles. The normalized spacial score (nSPS) is 12.5. The van der Waals surface area contributed by atoms with Gasteiger partial charge < -0.3 is 5.11 Å². The first kappa shape index (κ1) is 13.8. The van der Waals surface area contributed by atoms with E-state index in [1.54, 1.807) is 24.3 Å². The molecule has 1 atom stereocenters. The Balaban J connectivity index is 1.77. The van der Waals surface area contributed by atoms with E-state index >= 15 is 0 Å². The number of hydrogen-bond donors (Lipinski definition) is 1. The second-order valence-corrected chi connectivity index (χ2v) is 5.48. The minimum absolute atomic E-state index is 0.170. The second kappa shape index (κ2) is 5.71. The van der Waals surface area contributed by atoms with E-state index in [0.717, 1.165) is 5.56 Å². The number of hydrogen-bond acceptors (Lipinski definition) is 5. The Kier molecular flexibility index (Phi) is 3.76. The lowest BCUT2D eigenvalue weighted by Crippen LogP contribution is -2.12. The van der Waals surface area contributed by atoms with Crippen molar-refractivity contribution < 1.29 is 9.50 Å². The lowest BCUT2D eigenvalue weighted by atomic mass is 10.0. The summed E-state index contributed by atoms with van der Waals surface area (Å²) >= 11 is 1.56. The molecule has 2 aromatic heterocycles. The minimum Gasteiger partial charge on any atom is -0.386 e. The maximum atomic E-state index is 13.1. The fourth-order valence-corrected chi connectivity index (χ4v) is 2.73. The van der Waals surface area contributed by atoms with Crippen LogP contribution >= 0.6 is 11.3 Å². The van der Waals surface area contributed by atoms with Crippen LogP contribution in [0.3, 0.4) is 0 Å². The van der Waals surface area contributed by atoms with Crippen molar-refractivity contribution in [3.8, 4) is 11.4 Å². The molecule has 3 rings (SSSR count). The summed E-state index contributed by atoms with van der Waals surface area (Å²) < 4.78 is 13.1. The minimum atomic E-state index is -0.810. The first-order valence-electron chi connectivity index (χ1n) is 6.38. The van der Waals surface area contributed by atoms with E-state index < -0.39 is 6.10 Å². The van der Waals surface area contributed by atoms with Gasteiger partial charge in [-0.05, 0) is 46.8 Å². The Morgan fingerprint density at radius 2 is 2.24 bits per heavy atom. The Morgan fingerprint density at radius 3 is 2.95 bits per heavy atom. The molecule has 5 nitrogen and oxygen atoms in total. The predicted molar refractivity (Wildman–Crippen MR) is 77.2 cm³/mol. The summed E-state index contributed by atoms with van der Waals surface area (Å²) in [6.45, 7) is 1.93. The van der Waals surface area contributed by atoms with Crippen molar-refractivity contribution in [2.45, 2.75) is 19.6 Å². The number of nitrogens with zero attached hydrogens (tertiary/aromatic N) is 4. The predicted octanol–water partition coefficient (Wildman–Crippen LogP) is 2.58. The number of benzene rings is 1. The van der Waals surface area contributed by atoms with Crippen molar-refractivity contribution in [2.75, 3.05) is 0 Å². The van der Waals surface area contributed by atoms with Crippen molar-refractivity contribution in [3.63, 3.8) is 0 Å². The third-order valence-corrected chi connectivity index (χ3v) is 3.84. The molecule has 0 amide bonds. The molecule has 0 spiro atoms. The summed E-state index contributed by atoms with van der Waals surface area (Å²) in [5.41, 5.74) is 2.25. The van der Waals surface area contributed by atoms with Crippen LogP contribution in [0, 0.1) is 12.7 Å². The largest absolute Gasteiger partial charge is 0.386 e. The van der Waals surface area contributed by atoms with Gasteiger partial charge in [0.1, 0.15) is 11.9 Å². The molecule has 0 bridgehead atoms. The van der Waals surface area contributed by atoms with Gasteiger partial charge in [-0.1, -0.05) is 6.07 Å². The van der Waals surface area contributed by atoms with Gasteiger partial charge in [0.05, 0.1) is 6.54 Å². The molecular formula is C14H13FN4OS. The highest BCUT2D eigenvalue weighted by Gasteiger charge is 2.14.